The molecule has 0 saturated heterocycles. The molecule has 0 radical (unpaired) electrons. The maximum atomic E-state index is 13.3. The largest absolute Gasteiger partial charge is 0.277 e. The van der Waals surface area contributed by atoms with Crippen molar-refractivity contribution in [1.82, 2.24) is 0 Å². The number of benzene rings is 2. The Labute approximate surface area is 104 Å². The molecule has 0 aliphatic heterocycles. The summed E-state index contributed by atoms with van der Waals surface area (Å²) in [5, 5.41) is 11.0. The molecule has 0 fully saturated rings. The molecule has 92 valence electrons. The van der Waals surface area contributed by atoms with Crippen molar-refractivity contribution < 1.29 is 9.31 Å². The average Bonchev–Trinajstić information content (AvgIpc) is 2.31. The van der Waals surface area contributed by atoms with E-state index >= 15 is 0 Å². The van der Waals surface area contributed by atoms with E-state index in [-0.39, 0.29) is 5.69 Å². The zero-order valence-electron chi connectivity index (χ0n) is 10.1. The van der Waals surface area contributed by atoms with Crippen LogP contribution in [0.4, 0.5) is 10.1 Å². The fourth-order valence-corrected chi connectivity index (χ4v) is 1.91. The van der Waals surface area contributed by atoms with Gasteiger partial charge in [0.2, 0.25) is 0 Å². The van der Waals surface area contributed by atoms with Gasteiger partial charge in [-0.3, -0.25) is 10.1 Å². The number of aryl methyl sites for hydroxylation is 2. The van der Waals surface area contributed by atoms with Gasteiger partial charge in [-0.05, 0) is 37.1 Å². The minimum atomic E-state index is -0.490. The summed E-state index contributed by atoms with van der Waals surface area (Å²) in [4.78, 5) is 10.5. The van der Waals surface area contributed by atoms with Gasteiger partial charge in [0.1, 0.15) is 5.82 Å². The van der Waals surface area contributed by atoms with Gasteiger partial charge >= 0.3 is 0 Å². The topological polar surface area (TPSA) is 43.1 Å². The fourth-order valence-electron chi connectivity index (χ4n) is 1.91. The van der Waals surface area contributed by atoms with Crippen LogP contribution in [0, 0.1) is 29.8 Å². The van der Waals surface area contributed by atoms with Crippen molar-refractivity contribution in [2.24, 2.45) is 0 Å². The van der Waals surface area contributed by atoms with Crippen LogP contribution in [0.2, 0.25) is 0 Å². The molecule has 0 aliphatic carbocycles. The number of nitro groups is 1. The van der Waals surface area contributed by atoms with Gasteiger partial charge in [-0.1, -0.05) is 23.8 Å². The second-order valence-electron chi connectivity index (χ2n) is 4.24. The summed E-state index contributed by atoms with van der Waals surface area (Å²) >= 11 is 0. The first-order valence-electron chi connectivity index (χ1n) is 5.50. The van der Waals surface area contributed by atoms with Crippen molar-refractivity contribution in [3.8, 4) is 11.1 Å². The molecule has 2 aromatic rings. The standard InChI is InChI=1S/C14H12FNO2/c1-9-3-4-10(2)12(7-9)13-8-11(15)5-6-14(13)16(17)18/h3-8H,1-2H3. The number of rotatable bonds is 2. The number of hydrogen-bond acceptors (Lipinski definition) is 2. The summed E-state index contributed by atoms with van der Waals surface area (Å²) in [6, 6.07) is 9.14. The summed E-state index contributed by atoms with van der Waals surface area (Å²) in [5.41, 5.74) is 2.80. The molecular weight excluding hydrogens is 233 g/mol. The third-order valence-corrected chi connectivity index (χ3v) is 2.84. The van der Waals surface area contributed by atoms with E-state index in [2.05, 4.69) is 0 Å². The van der Waals surface area contributed by atoms with E-state index in [1.54, 1.807) is 0 Å². The maximum absolute atomic E-state index is 13.3. The van der Waals surface area contributed by atoms with Crippen LogP contribution in [0.1, 0.15) is 11.1 Å². The number of nitrogens with zero attached hydrogens (tertiary/aromatic N) is 1. The van der Waals surface area contributed by atoms with Crippen molar-refractivity contribution >= 4 is 5.69 Å². The van der Waals surface area contributed by atoms with Crippen LogP contribution in [-0.4, -0.2) is 4.92 Å². The number of nitro benzene ring substituents is 1. The Bertz CT molecular complexity index is 623. The molecule has 0 N–H and O–H groups in total. The normalized spacial score (nSPS) is 10.4. The first kappa shape index (κ1) is 12.2. The second kappa shape index (κ2) is 4.56. The van der Waals surface area contributed by atoms with Gasteiger partial charge in [0.15, 0.2) is 0 Å². The Balaban J connectivity index is 2.73. The molecule has 3 nitrogen and oxygen atoms in total. The van der Waals surface area contributed by atoms with Gasteiger partial charge in [-0.25, -0.2) is 4.39 Å². The quantitative estimate of drug-likeness (QED) is 0.592. The lowest BCUT2D eigenvalue weighted by Crippen LogP contribution is -1.94. The van der Waals surface area contributed by atoms with E-state index in [1.165, 1.54) is 12.1 Å². The van der Waals surface area contributed by atoms with Crippen LogP contribution in [0.25, 0.3) is 11.1 Å². The van der Waals surface area contributed by atoms with Crippen LogP contribution in [0.3, 0.4) is 0 Å². The van der Waals surface area contributed by atoms with Gasteiger partial charge in [-0.15, -0.1) is 0 Å². The average molecular weight is 245 g/mol. The van der Waals surface area contributed by atoms with E-state index < -0.39 is 10.7 Å². The van der Waals surface area contributed by atoms with Crippen molar-refractivity contribution in [1.29, 1.82) is 0 Å². The molecule has 0 spiro atoms. The summed E-state index contributed by atoms with van der Waals surface area (Å²) in [5.74, 6) is -0.475. The summed E-state index contributed by atoms with van der Waals surface area (Å²) < 4.78 is 13.3. The summed E-state index contributed by atoms with van der Waals surface area (Å²) in [6.45, 7) is 3.75. The molecular formula is C14H12FNO2. The lowest BCUT2D eigenvalue weighted by molar-refractivity contribution is -0.384. The van der Waals surface area contributed by atoms with E-state index in [4.69, 9.17) is 0 Å². The molecule has 0 heterocycles. The van der Waals surface area contributed by atoms with E-state index in [9.17, 15) is 14.5 Å². The van der Waals surface area contributed by atoms with Gasteiger partial charge in [0.05, 0.1) is 10.5 Å². The van der Waals surface area contributed by atoms with Crippen LogP contribution in [-0.2, 0) is 0 Å². The van der Waals surface area contributed by atoms with E-state index in [0.29, 0.717) is 11.1 Å². The molecule has 0 unspecified atom stereocenters. The Morgan fingerprint density at radius 1 is 1.06 bits per heavy atom. The van der Waals surface area contributed by atoms with Crippen molar-refractivity contribution in [3.05, 3.63) is 63.5 Å². The number of hydrogen-bond donors (Lipinski definition) is 0. The van der Waals surface area contributed by atoms with Crippen LogP contribution in [0.15, 0.2) is 36.4 Å². The predicted molar refractivity (Wildman–Crippen MR) is 68.0 cm³/mol. The monoisotopic (exact) mass is 245 g/mol. The first-order chi connectivity index (χ1) is 8.49. The lowest BCUT2D eigenvalue weighted by Gasteiger charge is -2.08. The van der Waals surface area contributed by atoms with Gasteiger partial charge < -0.3 is 0 Å². The summed E-state index contributed by atoms with van der Waals surface area (Å²) in [7, 11) is 0. The van der Waals surface area contributed by atoms with Gasteiger partial charge in [0, 0.05) is 6.07 Å². The molecule has 0 bridgehead atoms. The number of halogens is 1. The molecule has 2 aromatic carbocycles. The maximum Gasteiger partial charge on any atom is 0.277 e. The highest BCUT2D eigenvalue weighted by Crippen LogP contribution is 2.33. The Morgan fingerprint density at radius 2 is 1.78 bits per heavy atom. The molecule has 2 rings (SSSR count). The molecule has 0 amide bonds. The first-order valence-corrected chi connectivity index (χ1v) is 5.50. The van der Waals surface area contributed by atoms with Crippen LogP contribution < -0.4 is 0 Å². The minimum Gasteiger partial charge on any atom is -0.258 e. The highest BCUT2D eigenvalue weighted by atomic mass is 19.1. The zero-order valence-corrected chi connectivity index (χ0v) is 10.1. The van der Waals surface area contributed by atoms with E-state index in [1.807, 2.05) is 32.0 Å². The highest BCUT2D eigenvalue weighted by molar-refractivity contribution is 5.76. The Morgan fingerprint density at radius 3 is 2.44 bits per heavy atom. The Kier molecular flexibility index (Phi) is 3.10. The fraction of sp³-hybridized carbons (Fsp3) is 0.143. The predicted octanol–water partition coefficient (Wildman–Crippen LogP) is 4.02. The van der Waals surface area contributed by atoms with Crippen LogP contribution in [0.5, 0.6) is 0 Å². The van der Waals surface area contributed by atoms with Crippen molar-refractivity contribution in [2.45, 2.75) is 13.8 Å². The van der Waals surface area contributed by atoms with Crippen molar-refractivity contribution in [3.63, 3.8) is 0 Å². The molecule has 18 heavy (non-hydrogen) atoms. The van der Waals surface area contributed by atoms with Crippen molar-refractivity contribution in [2.75, 3.05) is 0 Å². The van der Waals surface area contributed by atoms with Crippen LogP contribution >= 0.6 is 0 Å². The zero-order chi connectivity index (χ0) is 13.3. The van der Waals surface area contributed by atoms with Gasteiger partial charge in [0.25, 0.3) is 5.69 Å². The lowest BCUT2D eigenvalue weighted by atomic mass is 9.97. The van der Waals surface area contributed by atoms with Gasteiger partial charge in [-0.2, -0.15) is 0 Å². The molecule has 4 heteroatoms. The summed E-state index contributed by atoms with van der Waals surface area (Å²) in [6.07, 6.45) is 0. The SMILES string of the molecule is Cc1ccc(C)c(-c2cc(F)ccc2[N+](=O)[O-])c1. The third-order valence-electron chi connectivity index (χ3n) is 2.84. The Hall–Kier alpha value is -2.23. The third kappa shape index (κ3) is 2.22. The molecule has 0 aliphatic rings. The smallest absolute Gasteiger partial charge is 0.258 e. The van der Waals surface area contributed by atoms with E-state index in [0.717, 1.165) is 17.2 Å². The molecule has 0 atom stereocenters. The molecule has 0 aromatic heterocycles. The molecule has 0 saturated carbocycles. The second-order valence-corrected chi connectivity index (χ2v) is 4.24. The highest BCUT2D eigenvalue weighted by Gasteiger charge is 2.17. The minimum absolute atomic E-state index is 0.0786.